The maximum absolute atomic E-state index is 13.3. The molecule has 0 fully saturated rings. The summed E-state index contributed by atoms with van der Waals surface area (Å²) in [5.74, 6) is -7.13. The van der Waals surface area contributed by atoms with E-state index in [0.717, 1.165) is 6.07 Å². The van der Waals surface area contributed by atoms with Gasteiger partial charge >= 0.3 is 24.2 Å². The molecule has 1 aromatic carbocycles. The number of halogens is 8. The molecule has 1 aliphatic rings. The van der Waals surface area contributed by atoms with Gasteiger partial charge in [0.1, 0.15) is 0 Å². The maximum Gasteiger partial charge on any atom is 0.471 e. The minimum Gasteiger partial charge on any atom is -0.330 e. The van der Waals surface area contributed by atoms with Crippen molar-refractivity contribution in [3.63, 3.8) is 0 Å². The molecule has 0 unspecified atom stereocenters. The molecule has 10 heteroatoms. The Morgan fingerprint density at radius 2 is 1.57 bits per heavy atom. The maximum atomic E-state index is 13.3. The Morgan fingerprint density at radius 3 is 2.09 bits per heavy atom. The van der Waals surface area contributed by atoms with Gasteiger partial charge in [0.05, 0.1) is 0 Å². The highest BCUT2D eigenvalue weighted by molar-refractivity contribution is 5.82. The highest BCUT2D eigenvalue weighted by Gasteiger charge is 2.58. The molecule has 0 radical (unpaired) electrons. The van der Waals surface area contributed by atoms with Crippen molar-refractivity contribution in [1.29, 1.82) is 0 Å². The van der Waals surface area contributed by atoms with Crippen LogP contribution in [0.25, 0.3) is 0 Å². The zero-order valence-corrected chi connectivity index (χ0v) is 11.2. The van der Waals surface area contributed by atoms with E-state index in [1.807, 2.05) is 0 Å². The smallest absolute Gasteiger partial charge is 0.330 e. The minimum atomic E-state index is -5.77. The Hall–Kier alpha value is -1.87. The van der Waals surface area contributed by atoms with Crippen LogP contribution in [0, 0.1) is 0 Å². The third-order valence-corrected chi connectivity index (χ3v) is 3.47. The molecule has 0 bridgehead atoms. The summed E-state index contributed by atoms with van der Waals surface area (Å²) in [5, 5.41) is 0. The van der Waals surface area contributed by atoms with Gasteiger partial charge in [0.25, 0.3) is 0 Å². The van der Waals surface area contributed by atoms with Gasteiger partial charge in [0.2, 0.25) is 0 Å². The predicted molar refractivity (Wildman–Crippen MR) is 61.6 cm³/mol. The molecule has 1 aliphatic heterocycles. The van der Waals surface area contributed by atoms with E-state index in [1.54, 1.807) is 0 Å². The number of carbonyl (C=O) groups is 1. The van der Waals surface area contributed by atoms with Crippen LogP contribution in [0.2, 0.25) is 0 Å². The monoisotopic (exact) mass is 347 g/mol. The zero-order valence-electron chi connectivity index (χ0n) is 11.2. The van der Waals surface area contributed by atoms with E-state index in [-0.39, 0.29) is 17.5 Å². The predicted octanol–water partition coefficient (Wildman–Crippen LogP) is 3.79. The van der Waals surface area contributed by atoms with Gasteiger partial charge < -0.3 is 4.90 Å². The molecule has 0 saturated heterocycles. The first-order valence-corrected chi connectivity index (χ1v) is 6.27. The van der Waals surface area contributed by atoms with Crippen molar-refractivity contribution in [2.24, 2.45) is 0 Å². The van der Waals surface area contributed by atoms with Crippen LogP contribution in [0.5, 0.6) is 0 Å². The lowest BCUT2D eigenvalue weighted by Gasteiger charge is -2.30. The van der Waals surface area contributed by atoms with E-state index in [2.05, 4.69) is 0 Å². The molecule has 2 nitrogen and oxygen atoms in total. The van der Waals surface area contributed by atoms with Crippen LogP contribution < -0.4 is 0 Å². The molecule has 0 N–H and O–H groups in total. The molecule has 0 spiro atoms. The average molecular weight is 347 g/mol. The summed E-state index contributed by atoms with van der Waals surface area (Å²) < 4.78 is 101. The van der Waals surface area contributed by atoms with Gasteiger partial charge in [-0.1, -0.05) is 12.1 Å². The van der Waals surface area contributed by atoms with Gasteiger partial charge in [0, 0.05) is 18.7 Å². The number of fused-ring (bicyclic) bond motifs is 1. The first-order chi connectivity index (χ1) is 10.3. The Morgan fingerprint density at radius 1 is 0.957 bits per heavy atom. The molecule has 128 valence electrons. The lowest BCUT2D eigenvalue weighted by molar-refractivity contribution is -0.289. The molecule has 0 saturated carbocycles. The van der Waals surface area contributed by atoms with Crippen molar-refractivity contribution < 1.29 is 39.9 Å². The van der Waals surface area contributed by atoms with Crippen LogP contribution in [0.3, 0.4) is 0 Å². The van der Waals surface area contributed by atoms with Crippen LogP contribution >= 0.6 is 0 Å². The largest absolute Gasteiger partial charge is 0.471 e. The molecule has 0 atom stereocenters. The lowest BCUT2D eigenvalue weighted by Crippen LogP contribution is -2.43. The fourth-order valence-electron chi connectivity index (χ4n) is 2.26. The third kappa shape index (κ3) is 3.25. The summed E-state index contributed by atoms with van der Waals surface area (Å²) in [5.41, 5.74) is -1.10. The van der Waals surface area contributed by atoms with Gasteiger partial charge in [-0.2, -0.15) is 35.1 Å². The number of carbonyl (C=O) groups excluding carboxylic acids is 1. The average Bonchev–Trinajstić information content (AvgIpc) is 2.43. The van der Waals surface area contributed by atoms with Crippen molar-refractivity contribution in [3.05, 3.63) is 34.9 Å². The first-order valence-electron chi connectivity index (χ1n) is 6.27. The number of hydrogen-bond acceptors (Lipinski definition) is 1. The van der Waals surface area contributed by atoms with Crippen molar-refractivity contribution in [2.45, 2.75) is 31.2 Å². The summed E-state index contributed by atoms with van der Waals surface area (Å²) in [6, 6.07) is 2.02. The second kappa shape index (κ2) is 5.34. The van der Waals surface area contributed by atoms with Gasteiger partial charge in [0.15, 0.2) is 0 Å². The van der Waals surface area contributed by atoms with Crippen molar-refractivity contribution >= 4 is 5.91 Å². The fraction of sp³-hybridized carbons (Fsp3) is 0.462. The lowest BCUT2D eigenvalue weighted by atomic mass is 9.95. The van der Waals surface area contributed by atoms with Gasteiger partial charge in [-0.3, -0.25) is 4.79 Å². The Kier molecular flexibility index (Phi) is 4.06. The number of hydrogen-bond donors (Lipinski definition) is 0. The van der Waals surface area contributed by atoms with E-state index in [0.29, 0.717) is 17.0 Å². The van der Waals surface area contributed by atoms with Crippen molar-refractivity contribution in [3.8, 4) is 0 Å². The Balaban J connectivity index is 2.28. The molecule has 1 heterocycles. The molecule has 1 aromatic rings. The molecule has 0 aliphatic carbocycles. The summed E-state index contributed by atoms with van der Waals surface area (Å²) in [6.45, 7) is -0.905. The van der Waals surface area contributed by atoms with E-state index in [4.69, 9.17) is 0 Å². The molecule has 23 heavy (non-hydrogen) atoms. The fourth-order valence-corrected chi connectivity index (χ4v) is 2.26. The number of nitrogens with zero attached hydrogens (tertiary/aromatic N) is 1. The number of amides is 1. The van der Waals surface area contributed by atoms with Crippen molar-refractivity contribution in [2.75, 3.05) is 6.54 Å². The second-order valence-corrected chi connectivity index (χ2v) is 5.03. The molecular weight excluding hydrogens is 338 g/mol. The van der Waals surface area contributed by atoms with Crippen molar-refractivity contribution in [1.82, 2.24) is 4.90 Å². The summed E-state index contributed by atoms with van der Waals surface area (Å²) in [7, 11) is 0. The topological polar surface area (TPSA) is 20.3 Å². The minimum absolute atomic E-state index is 0.0673. The third-order valence-electron chi connectivity index (χ3n) is 3.47. The number of rotatable bonds is 1. The van der Waals surface area contributed by atoms with E-state index < -0.39 is 42.8 Å². The second-order valence-electron chi connectivity index (χ2n) is 5.03. The normalized spacial score (nSPS) is 16.3. The highest BCUT2D eigenvalue weighted by Crippen LogP contribution is 2.44. The summed E-state index contributed by atoms with van der Waals surface area (Å²) in [6.07, 6.45) is -11.1. The molecule has 1 amide bonds. The Labute approximate surface area is 124 Å². The van der Waals surface area contributed by atoms with Crippen LogP contribution in [0.15, 0.2) is 18.2 Å². The van der Waals surface area contributed by atoms with Gasteiger partial charge in [-0.15, -0.1) is 0 Å². The van der Waals surface area contributed by atoms with Crippen LogP contribution in [0.1, 0.15) is 16.7 Å². The van der Waals surface area contributed by atoms with E-state index in [1.165, 1.54) is 0 Å². The number of alkyl halides is 8. The van der Waals surface area contributed by atoms with E-state index >= 15 is 0 Å². The highest BCUT2D eigenvalue weighted by atomic mass is 19.4. The van der Waals surface area contributed by atoms with Crippen LogP contribution in [0.4, 0.5) is 35.1 Å². The van der Waals surface area contributed by atoms with Crippen LogP contribution in [-0.4, -0.2) is 29.7 Å². The number of benzene rings is 1. The SMILES string of the molecule is O=C(N1CCc2cc(C(F)(F)C(F)(F)F)ccc2C1)C(F)(F)F. The quantitative estimate of drug-likeness (QED) is 0.708. The van der Waals surface area contributed by atoms with Crippen LogP contribution in [-0.2, 0) is 23.7 Å². The van der Waals surface area contributed by atoms with E-state index in [9.17, 15) is 39.9 Å². The Bertz CT molecular complexity index is 619. The molecule has 0 aromatic heterocycles. The standard InChI is InChI=1S/C13H9F8NO/c14-11(15,13(19,20)21)9-2-1-8-6-22(4-3-7(8)5-9)10(23)12(16,17)18/h1-2,5H,3-4,6H2. The molecular formula is C13H9F8NO. The first kappa shape index (κ1) is 17.5. The van der Waals surface area contributed by atoms with Gasteiger partial charge in [-0.05, 0) is 23.6 Å². The summed E-state index contributed by atoms with van der Waals surface area (Å²) in [4.78, 5) is 11.6. The summed E-state index contributed by atoms with van der Waals surface area (Å²) >= 11 is 0. The zero-order chi connectivity index (χ0) is 17.6. The van der Waals surface area contributed by atoms with Gasteiger partial charge in [-0.25, -0.2) is 0 Å². The molecule has 2 rings (SSSR count).